The topological polar surface area (TPSA) is 77.2 Å². The van der Waals surface area contributed by atoms with E-state index in [0.29, 0.717) is 10.5 Å². The SMILES string of the molecule is Cc1cc(-c2ccc(S(C)(=O)=O)cc2)c2nncn2n1. The number of aromatic nitrogens is 4. The van der Waals surface area contributed by atoms with Crippen LogP contribution in [0.4, 0.5) is 0 Å². The number of rotatable bonds is 2. The van der Waals surface area contributed by atoms with Crippen LogP contribution in [0.25, 0.3) is 16.8 Å². The van der Waals surface area contributed by atoms with Crippen LogP contribution in [0.3, 0.4) is 0 Å². The molecule has 1 aromatic carbocycles. The van der Waals surface area contributed by atoms with Gasteiger partial charge in [-0.3, -0.25) is 0 Å². The average molecular weight is 288 g/mol. The van der Waals surface area contributed by atoms with E-state index >= 15 is 0 Å². The molecule has 0 aliphatic rings. The van der Waals surface area contributed by atoms with Crippen LogP contribution in [0.15, 0.2) is 41.6 Å². The lowest BCUT2D eigenvalue weighted by molar-refractivity contribution is 0.602. The molecule has 0 amide bonds. The number of hydrogen-bond acceptors (Lipinski definition) is 5. The summed E-state index contributed by atoms with van der Waals surface area (Å²) in [6.07, 6.45) is 2.73. The summed E-state index contributed by atoms with van der Waals surface area (Å²) in [7, 11) is -3.19. The van der Waals surface area contributed by atoms with Crippen molar-refractivity contribution in [3.63, 3.8) is 0 Å². The van der Waals surface area contributed by atoms with Crippen LogP contribution in [0.1, 0.15) is 5.69 Å². The van der Waals surface area contributed by atoms with Crippen LogP contribution in [-0.4, -0.2) is 34.5 Å². The minimum Gasteiger partial charge on any atom is -0.224 e. The first-order valence-electron chi connectivity index (χ1n) is 5.93. The van der Waals surface area contributed by atoms with Gasteiger partial charge in [0.2, 0.25) is 0 Å². The third-order valence-corrected chi connectivity index (χ3v) is 4.11. The summed E-state index contributed by atoms with van der Waals surface area (Å²) in [5, 5.41) is 12.2. The molecule has 0 N–H and O–H groups in total. The Hall–Kier alpha value is -2.28. The van der Waals surface area contributed by atoms with E-state index in [1.165, 1.54) is 12.6 Å². The zero-order valence-corrected chi connectivity index (χ0v) is 11.8. The van der Waals surface area contributed by atoms with Crippen LogP contribution in [0.2, 0.25) is 0 Å². The molecule has 20 heavy (non-hydrogen) atoms. The summed E-state index contributed by atoms with van der Waals surface area (Å²) in [6.45, 7) is 1.88. The van der Waals surface area contributed by atoms with Gasteiger partial charge in [-0.2, -0.15) is 9.61 Å². The third kappa shape index (κ3) is 2.16. The van der Waals surface area contributed by atoms with Crippen LogP contribution in [-0.2, 0) is 9.84 Å². The normalized spacial score (nSPS) is 11.9. The number of fused-ring (bicyclic) bond motifs is 1. The Bertz CT molecular complexity index is 882. The molecule has 7 heteroatoms. The molecule has 0 aliphatic heterocycles. The molecule has 0 fully saturated rings. The quantitative estimate of drug-likeness (QED) is 0.714. The maximum absolute atomic E-state index is 11.5. The van der Waals surface area contributed by atoms with Gasteiger partial charge in [-0.1, -0.05) is 12.1 Å². The molecule has 0 atom stereocenters. The maximum Gasteiger partial charge on any atom is 0.185 e. The van der Waals surface area contributed by atoms with Gasteiger partial charge in [0.15, 0.2) is 15.5 Å². The van der Waals surface area contributed by atoms with Gasteiger partial charge < -0.3 is 0 Å². The number of benzene rings is 1. The van der Waals surface area contributed by atoms with Crippen molar-refractivity contribution in [2.45, 2.75) is 11.8 Å². The summed E-state index contributed by atoms with van der Waals surface area (Å²) in [5.41, 5.74) is 3.22. The molecule has 0 bridgehead atoms. The molecule has 0 unspecified atom stereocenters. The number of aryl methyl sites for hydroxylation is 1. The summed E-state index contributed by atoms with van der Waals surface area (Å²) in [5.74, 6) is 0. The first-order chi connectivity index (χ1) is 9.45. The van der Waals surface area contributed by atoms with Crippen LogP contribution >= 0.6 is 0 Å². The minimum absolute atomic E-state index is 0.296. The Labute approximate surface area is 116 Å². The lowest BCUT2D eigenvalue weighted by Gasteiger charge is -2.05. The fourth-order valence-corrected chi connectivity index (χ4v) is 2.68. The molecule has 0 aliphatic carbocycles. The van der Waals surface area contributed by atoms with Crippen molar-refractivity contribution in [3.8, 4) is 11.1 Å². The second-order valence-corrected chi connectivity index (χ2v) is 6.61. The molecule has 0 saturated heterocycles. The molecule has 6 nitrogen and oxygen atoms in total. The number of hydrogen-bond donors (Lipinski definition) is 0. The smallest absolute Gasteiger partial charge is 0.185 e. The first kappa shape index (κ1) is 12.7. The second-order valence-electron chi connectivity index (χ2n) is 4.60. The van der Waals surface area contributed by atoms with E-state index in [4.69, 9.17) is 0 Å². The number of nitrogens with zero attached hydrogens (tertiary/aromatic N) is 4. The van der Waals surface area contributed by atoms with Crippen molar-refractivity contribution in [1.82, 2.24) is 19.8 Å². The van der Waals surface area contributed by atoms with E-state index in [1.54, 1.807) is 28.8 Å². The van der Waals surface area contributed by atoms with Crippen molar-refractivity contribution in [1.29, 1.82) is 0 Å². The van der Waals surface area contributed by atoms with Crippen LogP contribution in [0, 0.1) is 6.92 Å². The van der Waals surface area contributed by atoms with Crippen molar-refractivity contribution in [3.05, 3.63) is 42.4 Å². The van der Waals surface area contributed by atoms with Gasteiger partial charge in [-0.05, 0) is 30.7 Å². The molecule has 2 heterocycles. The van der Waals surface area contributed by atoms with E-state index in [-0.39, 0.29) is 0 Å². The van der Waals surface area contributed by atoms with Gasteiger partial charge in [-0.25, -0.2) is 8.42 Å². The molecular weight excluding hydrogens is 276 g/mol. The molecule has 0 saturated carbocycles. The zero-order chi connectivity index (χ0) is 14.3. The molecule has 2 aromatic heterocycles. The first-order valence-corrected chi connectivity index (χ1v) is 7.82. The second kappa shape index (κ2) is 4.38. The van der Waals surface area contributed by atoms with Crippen LogP contribution < -0.4 is 0 Å². The van der Waals surface area contributed by atoms with E-state index in [0.717, 1.165) is 16.8 Å². The highest BCUT2D eigenvalue weighted by molar-refractivity contribution is 7.90. The highest BCUT2D eigenvalue weighted by atomic mass is 32.2. The van der Waals surface area contributed by atoms with Crippen molar-refractivity contribution in [2.24, 2.45) is 0 Å². The highest BCUT2D eigenvalue weighted by Crippen LogP contribution is 2.24. The van der Waals surface area contributed by atoms with Gasteiger partial charge in [0.25, 0.3) is 0 Å². The van der Waals surface area contributed by atoms with Gasteiger partial charge in [0, 0.05) is 11.8 Å². The minimum atomic E-state index is -3.19. The predicted octanol–water partition coefficient (Wildman–Crippen LogP) is 1.50. The number of sulfone groups is 1. The maximum atomic E-state index is 11.5. The van der Waals surface area contributed by atoms with Gasteiger partial charge in [0.05, 0.1) is 10.6 Å². The van der Waals surface area contributed by atoms with Gasteiger partial charge in [0.1, 0.15) is 6.33 Å². The summed E-state index contributed by atoms with van der Waals surface area (Å²) in [6, 6.07) is 8.61. The molecule has 3 aromatic rings. The molecular formula is C13H12N4O2S. The highest BCUT2D eigenvalue weighted by Gasteiger charge is 2.11. The third-order valence-electron chi connectivity index (χ3n) is 2.98. The monoisotopic (exact) mass is 288 g/mol. The average Bonchev–Trinajstić information content (AvgIpc) is 2.85. The largest absolute Gasteiger partial charge is 0.224 e. The van der Waals surface area contributed by atoms with Crippen molar-refractivity contribution >= 4 is 15.5 Å². The molecule has 0 radical (unpaired) electrons. The Balaban J connectivity index is 2.18. The Morgan fingerprint density at radius 3 is 2.50 bits per heavy atom. The predicted molar refractivity (Wildman–Crippen MR) is 74.1 cm³/mol. The summed E-state index contributed by atoms with van der Waals surface area (Å²) >= 11 is 0. The van der Waals surface area contributed by atoms with Gasteiger partial charge in [-0.15, -0.1) is 10.2 Å². The summed E-state index contributed by atoms with van der Waals surface area (Å²) in [4.78, 5) is 0.296. The van der Waals surface area contributed by atoms with E-state index in [1.807, 2.05) is 13.0 Å². The zero-order valence-electron chi connectivity index (χ0n) is 11.0. The van der Waals surface area contributed by atoms with Crippen LogP contribution in [0.5, 0.6) is 0 Å². The standard InChI is InChI=1S/C13H12N4O2S/c1-9-7-12(13-15-14-8-17(13)16-9)10-3-5-11(6-4-10)20(2,18)19/h3-8H,1-2H3. The molecule has 102 valence electrons. The summed E-state index contributed by atoms with van der Waals surface area (Å²) < 4.78 is 24.5. The van der Waals surface area contributed by atoms with Crippen molar-refractivity contribution < 1.29 is 8.42 Å². The lowest BCUT2D eigenvalue weighted by Crippen LogP contribution is -1.98. The van der Waals surface area contributed by atoms with E-state index < -0.39 is 9.84 Å². The molecule has 3 rings (SSSR count). The fourth-order valence-electron chi connectivity index (χ4n) is 2.05. The van der Waals surface area contributed by atoms with E-state index in [2.05, 4.69) is 15.3 Å². The van der Waals surface area contributed by atoms with Crippen molar-refractivity contribution in [2.75, 3.05) is 6.26 Å². The fraction of sp³-hybridized carbons (Fsp3) is 0.154. The van der Waals surface area contributed by atoms with Gasteiger partial charge >= 0.3 is 0 Å². The lowest BCUT2D eigenvalue weighted by atomic mass is 10.1. The Morgan fingerprint density at radius 2 is 1.85 bits per heavy atom. The Morgan fingerprint density at radius 1 is 1.15 bits per heavy atom. The molecule has 0 spiro atoms. The Kier molecular flexibility index (Phi) is 2.79. The van der Waals surface area contributed by atoms with E-state index in [9.17, 15) is 8.42 Å².